The van der Waals surface area contributed by atoms with Gasteiger partial charge in [0, 0.05) is 19.2 Å². The number of thiocarbonyl (C=S) groups is 1. The number of nitrogens with one attached hydrogen (secondary N) is 1. The van der Waals surface area contributed by atoms with Crippen LogP contribution < -0.4 is 16.0 Å². The number of fused-ring (bicyclic) bond motifs is 1. The molecule has 0 atom stereocenters. The first-order valence-corrected chi connectivity index (χ1v) is 7.59. The van der Waals surface area contributed by atoms with Crippen LogP contribution in [-0.4, -0.2) is 28.1 Å². The lowest BCUT2D eigenvalue weighted by Gasteiger charge is -2.21. The summed E-state index contributed by atoms with van der Waals surface area (Å²) < 4.78 is 0.517. The summed E-state index contributed by atoms with van der Waals surface area (Å²) in [4.78, 5) is 17.3. The molecule has 1 heterocycles. The molecule has 0 bridgehead atoms. The summed E-state index contributed by atoms with van der Waals surface area (Å²) in [7, 11) is 0. The highest BCUT2D eigenvalue weighted by molar-refractivity contribution is 7.80. The molecule has 1 aromatic carbocycles. The Labute approximate surface area is 130 Å². The van der Waals surface area contributed by atoms with Crippen molar-refractivity contribution >= 4 is 55.4 Å². The van der Waals surface area contributed by atoms with Gasteiger partial charge in [0.25, 0.3) is 5.69 Å². The molecule has 9 heteroatoms. The third kappa shape index (κ3) is 3.03. The van der Waals surface area contributed by atoms with E-state index in [-0.39, 0.29) is 10.8 Å². The number of nitro benzene ring substituents is 1. The highest BCUT2D eigenvalue weighted by Crippen LogP contribution is 2.39. The van der Waals surface area contributed by atoms with Gasteiger partial charge in [-0.15, -0.1) is 0 Å². The molecule has 0 amide bonds. The molecule has 0 radical (unpaired) electrons. The van der Waals surface area contributed by atoms with Crippen LogP contribution in [0, 0.1) is 10.1 Å². The van der Waals surface area contributed by atoms with Crippen LogP contribution in [0.3, 0.4) is 0 Å². The molecule has 3 N–H and O–H groups in total. The van der Waals surface area contributed by atoms with E-state index in [9.17, 15) is 10.1 Å². The summed E-state index contributed by atoms with van der Waals surface area (Å²) in [5, 5.41) is 14.4. The molecule has 0 saturated heterocycles. The first kappa shape index (κ1) is 15.4. The molecule has 0 aliphatic carbocycles. The molecule has 0 spiro atoms. The lowest BCUT2D eigenvalue weighted by Crippen LogP contribution is -2.22. The maximum atomic E-state index is 11.2. The van der Waals surface area contributed by atoms with Gasteiger partial charge in [-0.2, -0.15) is 0 Å². The van der Waals surface area contributed by atoms with E-state index in [1.807, 2.05) is 13.8 Å². The molecule has 7 nitrogen and oxygen atoms in total. The average Bonchev–Trinajstić information content (AvgIpc) is 2.82. The molecule has 2 aromatic rings. The molecule has 0 saturated carbocycles. The third-order valence-electron chi connectivity index (χ3n) is 3.03. The van der Waals surface area contributed by atoms with Crippen LogP contribution in [0.1, 0.15) is 13.8 Å². The van der Waals surface area contributed by atoms with Gasteiger partial charge >= 0.3 is 0 Å². The summed E-state index contributed by atoms with van der Waals surface area (Å²) in [5.74, 6) is 0. The molecular formula is C12H15N5O2S2. The van der Waals surface area contributed by atoms with Gasteiger partial charge < -0.3 is 16.0 Å². The smallest absolute Gasteiger partial charge is 0.288 e. The number of non-ortho nitro benzene ring substituents is 1. The second-order valence-electron chi connectivity index (χ2n) is 4.22. The van der Waals surface area contributed by atoms with Gasteiger partial charge in [-0.3, -0.25) is 10.1 Å². The summed E-state index contributed by atoms with van der Waals surface area (Å²) in [6, 6.07) is 3.25. The SMILES string of the molecule is CCN(CC)c1ccc([N+](=O)[O-])c2sc(NC(N)=S)nc12. The highest BCUT2D eigenvalue weighted by Gasteiger charge is 2.21. The summed E-state index contributed by atoms with van der Waals surface area (Å²) >= 11 is 5.96. The van der Waals surface area contributed by atoms with Crippen LogP contribution in [0.5, 0.6) is 0 Å². The van der Waals surface area contributed by atoms with E-state index in [0.29, 0.717) is 15.3 Å². The molecule has 1 aromatic heterocycles. The van der Waals surface area contributed by atoms with Crippen molar-refractivity contribution in [3.05, 3.63) is 22.2 Å². The highest BCUT2D eigenvalue weighted by atomic mass is 32.1. The van der Waals surface area contributed by atoms with Gasteiger partial charge in [-0.05, 0) is 32.1 Å². The predicted molar refractivity (Wildman–Crippen MR) is 90.2 cm³/mol. The fourth-order valence-corrected chi connectivity index (χ4v) is 3.25. The fourth-order valence-electron chi connectivity index (χ4n) is 2.10. The number of rotatable bonds is 5. The number of benzene rings is 1. The summed E-state index contributed by atoms with van der Waals surface area (Å²) in [5.41, 5.74) is 6.94. The van der Waals surface area contributed by atoms with E-state index < -0.39 is 4.92 Å². The lowest BCUT2D eigenvalue weighted by atomic mass is 10.2. The van der Waals surface area contributed by atoms with Gasteiger partial charge in [0.15, 0.2) is 10.2 Å². The maximum absolute atomic E-state index is 11.2. The molecule has 2 rings (SSSR count). The van der Waals surface area contributed by atoms with E-state index >= 15 is 0 Å². The monoisotopic (exact) mass is 325 g/mol. The fraction of sp³-hybridized carbons (Fsp3) is 0.333. The summed E-state index contributed by atoms with van der Waals surface area (Å²) in [6.07, 6.45) is 0. The Morgan fingerprint density at radius 3 is 2.71 bits per heavy atom. The first-order valence-electron chi connectivity index (χ1n) is 6.37. The summed E-state index contributed by atoms with van der Waals surface area (Å²) in [6.45, 7) is 5.63. The van der Waals surface area contributed by atoms with Crippen LogP contribution in [0.2, 0.25) is 0 Å². The van der Waals surface area contributed by atoms with Crippen molar-refractivity contribution in [2.75, 3.05) is 23.3 Å². The second-order valence-corrected chi connectivity index (χ2v) is 5.66. The molecule has 0 unspecified atom stereocenters. The molecular weight excluding hydrogens is 310 g/mol. The molecule has 0 aliphatic heterocycles. The molecule has 112 valence electrons. The number of nitrogens with two attached hydrogens (primary N) is 1. The number of anilines is 2. The van der Waals surface area contributed by atoms with Crippen molar-refractivity contribution < 1.29 is 4.92 Å². The number of hydrogen-bond donors (Lipinski definition) is 2. The van der Waals surface area contributed by atoms with Crippen LogP contribution >= 0.6 is 23.6 Å². The largest absolute Gasteiger partial charge is 0.376 e. The van der Waals surface area contributed by atoms with Gasteiger partial charge in [-0.25, -0.2) is 4.98 Å². The van der Waals surface area contributed by atoms with Crippen molar-refractivity contribution in [3.63, 3.8) is 0 Å². The maximum Gasteiger partial charge on any atom is 0.288 e. The van der Waals surface area contributed by atoms with E-state index in [1.54, 1.807) is 6.07 Å². The van der Waals surface area contributed by atoms with Gasteiger partial charge in [0.05, 0.1) is 10.6 Å². The molecule has 0 fully saturated rings. The Morgan fingerprint density at radius 2 is 2.19 bits per heavy atom. The van der Waals surface area contributed by atoms with E-state index in [0.717, 1.165) is 18.8 Å². The Bertz CT molecular complexity index is 696. The molecule has 0 aliphatic rings. The van der Waals surface area contributed by atoms with Crippen LogP contribution in [0.25, 0.3) is 10.2 Å². The number of nitrogens with zero attached hydrogens (tertiary/aromatic N) is 3. The number of aromatic nitrogens is 1. The van der Waals surface area contributed by atoms with Crippen LogP contribution in [0.15, 0.2) is 12.1 Å². The minimum Gasteiger partial charge on any atom is -0.376 e. The zero-order chi connectivity index (χ0) is 15.6. The van der Waals surface area contributed by atoms with Crippen molar-refractivity contribution in [1.82, 2.24) is 4.98 Å². The van der Waals surface area contributed by atoms with E-state index in [2.05, 4.69) is 15.2 Å². The van der Waals surface area contributed by atoms with Crippen LogP contribution in [0.4, 0.5) is 16.5 Å². The molecule has 21 heavy (non-hydrogen) atoms. The van der Waals surface area contributed by atoms with Crippen molar-refractivity contribution in [2.24, 2.45) is 5.73 Å². The normalized spacial score (nSPS) is 10.6. The number of hydrogen-bond acceptors (Lipinski definition) is 6. The quantitative estimate of drug-likeness (QED) is 0.495. The van der Waals surface area contributed by atoms with Gasteiger partial charge in [-0.1, -0.05) is 11.3 Å². The minimum absolute atomic E-state index is 0.0365. The predicted octanol–water partition coefficient (Wildman–Crippen LogP) is 2.71. The zero-order valence-corrected chi connectivity index (χ0v) is 13.3. The number of thiazole rings is 1. The zero-order valence-electron chi connectivity index (χ0n) is 11.6. The topological polar surface area (TPSA) is 97.3 Å². The first-order chi connectivity index (χ1) is 9.97. The standard InChI is InChI=1S/C12H15N5O2S2/c1-3-16(4-2)7-5-6-8(17(18)19)10-9(7)14-12(21-10)15-11(13)20/h5-6H,3-4H2,1-2H3,(H3,13,14,15,20). The lowest BCUT2D eigenvalue weighted by molar-refractivity contribution is -0.382. The van der Waals surface area contributed by atoms with Crippen LogP contribution in [-0.2, 0) is 0 Å². The van der Waals surface area contributed by atoms with Crippen molar-refractivity contribution in [3.8, 4) is 0 Å². The van der Waals surface area contributed by atoms with Crippen molar-refractivity contribution in [2.45, 2.75) is 13.8 Å². The Morgan fingerprint density at radius 1 is 1.52 bits per heavy atom. The number of nitro groups is 1. The minimum atomic E-state index is -0.406. The third-order valence-corrected chi connectivity index (χ3v) is 4.13. The average molecular weight is 325 g/mol. The Hall–Kier alpha value is -2.00. The van der Waals surface area contributed by atoms with E-state index in [1.165, 1.54) is 17.4 Å². The van der Waals surface area contributed by atoms with E-state index in [4.69, 9.17) is 18.0 Å². The van der Waals surface area contributed by atoms with Gasteiger partial charge in [0.1, 0.15) is 10.2 Å². The Balaban J connectivity index is 2.66. The Kier molecular flexibility index (Phi) is 4.53. The van der Waals surface area contributed by atoms with Gasteiger partial charge in [0.2, 0.25) is 0 Å². The second kappa shape index (κ2) is 6.19. The van der Waals surface area contributed by atoms with Crippen molar-refractivity contribution in [1.29, 1.82) is 0 Å².